The third-order valence-corrected chi connectivity index (χ3v) is 6.32. The van der Waals surface area contributed by atoms with Gasteiger partial charge in [-0.25, -0.2) is 0 Å². The van der Waals surface area contributed by atoms with E-state index < -0.39 is 11.7 Å². The van der Waals surface area contributed by atoms with Crippen molar-refractivity contribution in [2.45, 2.75) is 32.0 Å². The molecule has 0 saturated carbocycles. The van der Waals surface area contributed by atoms with E-state index in [1.807, 2.05) is 41.0 Å². The quantitative estimate of drug-likeness (QED) is 0.719. The Bertz CT molecular complexity index is 922. The molecule has 2 saturated heterocycles. The molecule has 2 aliphatic rings. The van der Waals surface area contributed by atoms with E-state index in [0.29, 0.717) is 31.4 Å². The zero-order valence-electron chi connectivity index (χ0n) is 17.7. The average molecular weight is 432 g/mol. The van der Waals surface area contributed by atoms with Crippen LogP contribution in [0.1, 0.15) is 34.3 Å². The number of halogens is 3. The molecule has 2 aliphatic heterocycles. The maximum absolute atomic E-state index is 13.0. The summed E-state index contributed by atoms with van der Waals surface area (Å²) in [5.41, 5.74) is 1.82. The lowest BCUT2D eigenvalue weighted by atomic mass is 10.0. The highest BCUT2D eigenvalue weighted by Crippen LogP contribution is 2.32. The Balaban J connectivity index is 1.36. The molecular weight excluding hydrogens is 403 g/mol. The summed E-state index contributed by atoms with van der Waals surface area (Å²) in [6.45, 7) is 6.40. The van der Waals surface area contributed by atoms with Crippen LogP contribution in [0.5, 0.6) is 0 Å². The molecule has 0 N–H and O–H groups in total. The molecular formula is C24H28F3N3O. The van der Waals surface area contributed by atoms with E-state index in [0.717, 1.165) is 49.7 Å². The number of alkyl halides is 3. The monoisotopic (exact) mass is 431 g/mol. The molecule has 1 amide bonds. The lowest BCUT2D eigenvalue weighted by Crippen LogP contribution is -2.55. The van der Waals surface area contributed by atoms with Crippen LogP contribution in [0.25, 0.3) is 0 Å². The van der Waals surface area contributed by atoms with Crippen molar-refractivity contribution in [3.8, 4) is 0 Å². The first-order chi connectivity index (χ1) is 14.8. The fourth-order valence-electron chi connectivity index (χ4n) is 4.62. The number of hydrogen-bond acceptors (Lipinski definition) is 3. The van der Waals surface area contributed by atoms with E-state index in [1.54, 1.807) is 6.07 Å². The van der Waals surface area contributed by atoms with Crippen LogP contribution in [0, 0.1) is 6.92 Å². The summed E-state index contributed by atoms with van der Waals surface area (Å²) < 4.78 is 39.1. The van der Waals surface area contributed by atoms with Crippen molar-refractivity contribution in [1.82, 2.24) is 9.80 Å². The van der Waals surface area contributed by atoms with Crippen LogP contribution in [0.3, 0.4) is 0 Å². The molecule has 0 unspecified atom stereocenters. The van der Waals surface area contributed by atoms with E-state index in [2.05, 4.69) is 4.90 Å². The fraction of sp³-hybridized carbons (Fsp3) is 0.458. The predicted octanol–water partition coefficient (Wildman–Crippen LogP) is 4.44. The van der Waals surface area contributed by atoms with Gasteiger partial charge in [-0.1, -0.05) is 23.8 Å². The molecule has 0 aromatic heterocycles. The Morgan fingerprint density at radius 3 is 2.42 bits per heavy atom. The van der Waals surface area contributed by atoms with E-state index >= 15 is 0 Å². The number of nitrogens with zero attached hydrogens (tertiary/aromatic N) is 3. The van der Waals surface area contributed by atoms with Gasteiger partial charge < -0.3 is 9.80 Å². The number of benzene rings is 2. The third kappa shape index (κ3) is 5.03. The smallest absolute Gasteiger partial charge is 0.369 e. The van der Waals surface area contributed by atoms with Gasteiger partial charge >= 0.3 is 6.18 Å². The molecule has 4 rings (SSSR count). The summed E-state index contributed by atoms with van der Waals surface area (Å²) in [5, 5.41) is 0. The van der Waals surface area contributed by atoms with Crippen LogP contribution < -0.4 is 4.90 Å². The number of hydrogen-bond donors (Lipinski definition) is 0. The molecule has 4 nitrogen and oxygen atoms in total. The summed E-state index contributed by atoms with van der Waals surface area (Å²) in [6, 6.07) is 13.6. The molecule has 166 valence electrons. The van der Waals surface area contributed by atoms with Crippen molar-refractivity contribution in [2.75, 3.05) is 44.2 Å². The molecule has 0 bridgehead atoms. The number of amides is 1. The van der Waals surface area contributed by atoms with Crippen LogP contribution in [-0.2, 0) is 6.18 Å². The number of rotatable bonds is 3. The summed E-state index contributed by atoms with van der Waals surface area (Å²) in [4.78, 5) is 19.3. The molecule has 7 heteroatoms. The van der Waals surface area contributed by atoms with Crippen molar-refractivity contribution < 1.29 is 18.0 Å². The van der Waals surface area contributed by atoms with E-state index in [4.69, 9.17) is 0 Å². The first kappa shape index (κ1) is 21.7. The minimum Gasteiger partial charge on any atom is -0.369 e. The van der Waals surface area contributed by atoms with Gasteiger partial charge in [-0.3, -0.25) is 9.69 Å². The zero-order chi connectivity index (χ0) is 22.0. The average Bonchev–Trinajstić information content (AvgIpc) is 2.78. The first-order valence-electron chi connectivity index (χ1n) is 10.8. The number of carbonyl (C=O) groups is 1. The molecule has 2 fully saturated rings. The Morgan fingerprint density at radius 1 is 0.968 bits per heavy atom. The number of anilines is 1. The van der Waals surface area contributed by atoms with Crippen molar-refractivity contribution in [2.24, 2.45) is 0 Å². The standard InChI is InChI=1S/C24H28F3N3O/c1-18-5-2-6-19(15-18)23(31)30-10-4-9-22(17-30)29-13-11-28(12-14-29)21-8-3-7-20(16-21)24(25,26)27/h2-3,5-8,15-16,22H,4,9-14,17H2,1H3/t22-/m1/s1. The van der Waals surface area contributed by atoms with Gasteiger partial charge in [0.2, 0.25) is 0 Å². The van der Waals surface area contributed by atoms with Gasteiger partial charge in [0.25, 0.3) is 5.91 Å². The molecule has 0 spiro atoms. The van der Waals surface area contributed by atoms with E-state index in [9.17, 15) is 18.0 Å². The number of piperazine rings is 1. The molecule has 31 heavy (non-hydrogen) atoms. The second-order valence-electron chi connectivity index (χ2n) is 8.49. The van der Waals surface area contributed by atoms with E-state index in [-0.39, 0.29) is 5.91 Å². The fourth-order valence-corrected chi connectivity index (χ4v) is 4.62. The topological polar surface area (TPSA) is 26.8 Å². The Hall–Kier alpha value is -2.54. The van der Waals surface area contributed by atoms with Crippen LogP contribution >= 0.6 is 0 Å². The largest absolute Gasteiger partial charge is 0.416 e. The summed E-state index contributed by atoms with van der Waals surface area (Å²) in [5.74, 6) is 0.0796. The maximum Gasteiger partial charge on any atom is 0.416 e. The number of piperidine rings is 1. The Labute approximate surface area is 181 Å². The molecule has 2 aromatic carbocycles. The summed E-state index contributed by atoms with van der Waals surface area (Å²) in [7, 11) is 0. The van der Waals surface area contributed by atoms with Crippen LogP contribution in [0.2, 0.25) is 0 Å². The van der Waals surface area contributed by atoms with Crippen LogP contribution in [0.4, 0.5) is 18.9 Å². The molecule has 0 aliphatic carbocycles. The molecule has 1 atom stereocenters. The van der Waals surface area contributed by atoms with Crippen molar-refractivity contribution in [3.05, 3.63) is 65.2 Å². The van der Waals surface area contributed by atoms with Crippen molar-refractivity contribution >= 4 is 11.6 Å². The minimum absolute atomic E-state index is 0.0796. The normalized spacial score (nSPS) is 20.7. The molecule has 2 aromatic rings. The minimum atomic E-state index is -4.33. The van der Waals surface area contributed by atoms with Gasteiger partial charge in [-0.2, -0.15) is 13.2 Å². The first-order valence-corrected chi connectivity index (χ1v) is 10.8. The molecule has 2 heterocycles. The summed E-state index contributed by atoms with van der Waals surface area (Å²) >= 11 is 0. The van der Waals surface area contributed by atoms with Crippen LogP contribution in [0.15, 0.2) is 48.5 Å². The van der Waals surface area contributed by atoms with Gasteiger partial charge in [0.15, 0.2) is 0 Å². The van der Waals surface area contributed by atoms with Gasteiger partial charge in [-0.15, -0.1) is 0 Å². The zero-order valence-corrected chi connectivity index (χ0v) is 17.7. The Kier molecular flexibility index (Phi) is 6.23. The summed E-state index contributed by atoms with van der Waals surface area (Å²) in [6.07, 6.45) is -2.32. The number of aryl methyl sites for hydroxylation is 1. The van der Waals surface area contributed by atoms with Gasteiger partial charge in [-0.05, 0) is 50.1 Å². The second-order valence-corrected chi connectivity index (χ2v) is 8.49. The third-order valence-electron chi connectivity index (χ3n) is 6.32. The number of likely N-dealkylation sites (tertiary alicyclic amines) is 1. The van der Waals surface area contributed by atoms with Crippen molar-refractivity contribution in [3.63, 3.8) is 0 Å². The molecule has 0 radical (unpaired) electrons. The van der Waals surface area contributed by atoms with Gasteiger partial charge in [0.1, 0.15) is 0 Å². The second kappa shape index (κ2) is 8.91. The number of carbonyl (C=O) groups excluding carboxylic acids is 1. The Morgan fingerprint density at radius 2 is 1.71 bits per heavy atom. The highest BCUT2D eigenvalue weighted by Gasteiger charge is 2.32. The lowest BCUT2D eigenvalue weighted by Gasteiger charge is -2.44. The maximum atomic E-state index is 13.0. The highest BCUT2D eigenvalue weighted by atomic mass is 19.4. The predicted molar refractivity (Wildman–Crippen MR) is 115 cm³/mol. The highest BCUT2D eigenvalue weighted by molar-refractivity contribution is 5.94. The van der Waals surface area contributed by atoms with Gasteiger partial charge in [0.05, 0.1) is 5.56 Å². The van der Waals surface area contributed by atoms with Crippen molar-refractivity contribution in [1.29, 1.82) is 0 Å². The van der Waals surface area contributed by atoms with Crippen LogP contribution in [-0.4, -0.2) is 61.0 Å². The van der Waals surface area contributed by atoms with E-state index in [1.165, 1.54) is 12.1 Å². The SMILES string of the molecule is Cc1cccc(C(=O)N2CCC[C@@H](N3CCN(c4cccc(C(F)(F)F)c4)CC3)C2)c1. The van der Waals surface area contributed by atoms with Gasteiger partial charge in [0, 0.05) is 56.6 Å². The lowest BCUT2D eigenvalue weighted by molar-refractivity contribution is -0.137.